The molecular formula is C7H6BrFO2. The van der Waals surface area contributed by atoms with Crippen molar-refractivity contribution < 1.29 is 14.6 Å². The number of phenolic OH excluding ortho intramolecular Hbond substituents is 1. The summed E-state index contributed by atoms with van der Waals surface area (Å²) in [5.74, 6) is -0.785. The van der Waals surface area contributed by atoms with E-state index in [2.05, 4.69) is 15.9 Å². The highest BCUT2D eigenvalue weighted by Crippen LogP contribution is 2.28. The van der Waals surface area contributed by atoms with Gasteiger partial charge in [-0.05, 0) is 22.0 Å². The molecule has 0 aliphatic heterocycles. The van der Waals surface area contributed by atoms with E-state index in [1.807, 2.05) is 0 Å². The van der Waals surface area contributed by atoms with Gasteiger partial charge in [0.05, 0.1) is 11.1 Å². The summed E-state index contributed by atoms with van der Waals surface area (Å²) >= 11 is 2.83. The molecule has 1 rings (SSSR count). The van der Waals surface area contributed by atoms with Gasteiger partial charge in [0.15, 0.2) is 0 Å². The number of hydrogen-bond donors (Lipinski definition) is 2. The highest BCUT2D eigenvalue weighted by molar-refractivity contribution is 9.10. The van der Waals surface area contributed by atoms with Gasteiger partial charge in [0.2, 0.25) is 0 Å². The normalized spacial score (nSPS) is 10.1. The van der Waals surface area contributed by atoms with E-state index >= 15 is 0 Å². The molecule has 0 fully saturated rings. The van der Waals surface area contributed by atoms with Crippen molar-refractivity contribution in [1.29, 1.82) is 0 Å². The smallest absolute Gasteiger partial charge is 0.146 e. The summed E-state index contributed by atoms with van der Waals surface area (Å²) < 4.78 is 12.9. The first-order valence-corrected chi connectivity index (χ1v) is 3.73. The van der Waals surface area contributed by atoms with Gasteiger partial charge >= 0.3 is 0 Å². The molecule has 2 N–H and O–H groups in total. The Morgan fingerprint density at radius 1 is 1.45 bits per heavy atom. The fourth-order valence-electron chi connectivity index (χ4n) is 0.701. The Bertz CT molecular complexity index is 275. The van der Waals surface area contributed by atoms with Crippen LogP contribution in [0.4, 0.5) is 4.39 Å². The van der Waals surface area contributed by atoms with Crippen LogP contribution in [0.25, 0.3) is 0 Å². The fraction of sp³-hybridized carbons (Fsp3) is 0.143. The van der Waals surface area contributed by atoms with Gasteiger partial charge in [-0.1, -0.05) is 6.07 Å². The largest absolute Gasteiger partial charge is 0.507 e. The lowest BCUT2D eigenvalue weighted by molar-refractivity contribution is 0.275. The molecule has 4 heteroatoms. The Morgan fingerprint density at radius 2 is 2.09 bits per heavy atom. The van der Waals surface area contributed by atoms with Crippen LogP contribution in [0.15, 0.2) is 16.6 Å². The summed E-state index contributed by atoms with van der Waals surface area (Å²) in [6, 6.07) is 2.65. The third kappa shape index (κ3) is 1.52. The summed E-state index contributed by atoms with van der Waals surface area (Å²) in [5.41, 5.74) is 0.162. The first kappa shape index (κ1) is 8.49. The Balaban J connectivity index is 3.25. The molecule has 0 amide bonds. The molecule has 0 saturated heterocycles. The molecule has 1 aromatic carbocycles. The molecule has 0 heterocycles. The lowest BCUT2D eigenvalue weighted by atomic mass is 10.2. The van der Waals surface area contributed by atoms with Gasteiger partial charge in [0, 0.05) is 5.56 Å². The van der Waals surface area contributed by atoms with Crippen LogP contribution in [-0.4, -0.2) is 10.2 Å². The quantitative estimate of drug-likeness (QED) is 0.758. The monoisotopic (exact) mass is 220 g/mol. The van der Waals surface area contributed by atoms with E-state index in [1.54, 1.807) is 0 Å². The molecule has 0 aliphatic carbocycles. The number of aliphatic hydroxyl groups is 1. The fourth-order valence-corrected chi connectivity index (χ4v) is 1.09. The summed E-state index contributed by atoms with van der Waals surface area (Å²) in [6.07, 6.45) is 0. The summed E-state index contributed by atoms with van der Waals surface area (Å²) in [7, 11) is 0. The number of aliphatic hydroxyl groups excluding tert-OH is 1. The van der Waals surface area contributed by atoms with Gasteiger partial charge in [-0.2, -0.15) is 0 Å². The molecule has 0 bridgehead atoms. The molecule has 0 saturated carbocycles. The van der Waals surface area contributed by atoms with E-state index in [4.69, 9.17) is 10.2 Å². The Morgan fingerprint density at radius 3 is 2.64 bits per heavy atom. The maximum Gasteiger partial charge on any atom is 0.146 e. The van der Waals surface area contributed by atoms with Crippen LogP contribution < -0.4 is 0 Å². The predicted molar refractivity (Wildman–Crippen MR) is 41.7 cm³/mol. The van der Waals surface area contributed by atoms with Gasteiger partial charge in [-0.25, -0.2) is 4.39 Å². The van der Waals surface area contributed by atoms with Crippen LogP contribution in [0.3, 0.4) is 0 Å². The predicted octanol–water partition coefficient (Wildman–Crippen LogP) is 1.79. The van der Waals surface area contributed by atoms with Crippen molar-refractivity contribution in [3.8, 4) is 5.75 Å². The molecule has 0 unspecified atom stereocenters. The van der Waals surface area contributed by atoms with Crippen LogP contribution in [0.1, 0.15) is 5.56 Å². The maximum atomic E-state index is 12.9. The number of halogens is 2. The SMILES string of the molecule is OCc1ccc(O)c(Br)c1F. The summed E-state index contributed by atoms with van der Waals surface area (Å²) in [6.45, 7) is -0.370. The first-order valence-electron chi connectivity index (χ1n) is 2.93. The molecular weight excluding hydrogens is 215 g/mol. The average Bonchev–Trinajstić information content (AvgIpc) is 2.01. The van der Waals surface area contributed by atoms with Gasteiger partial charge < -0.3 is 10.2 Å². The van der Waals surface area contributed by atoms with E-state index in [-0.39, 0.29) is 22.4 Å². The van der Waals surface area contributed by atoms with Crippen molar-refractivity contribution in [2.45, 2.75) is 6.61 Å². The maximum absolute atomic E-state index is 12.9. The zero-order valence-electron chi connectivity index (χ0n) is 5.51. The minimum atomic E-state index is -0.618. The summed E-state index contributed by atoms with van der Waals surface area (Å²) in [4.78, 5) is 0. The average molecular weight is 221 g/mol. The van der Waals surface area contributed by atoms with E-state index < -0.39 is 5.82 Å². The molecule has 0 aromatic heterocycles. The number of hydrogen-bond acceptors (Lipinski definition) is 2. The van der Waals surface area contributed by atoms with E-state index in [1.165, 1.54) is 12.1 Å². The number of rotatable bonds is 1. The van der Waals surface area contributed by atoms with Crippen LogP contribution in [0.2, 0.25) is 0 Å². The highest BCUT2D eigenvalue weighted by atomic mass is 79.9. The second-order valence-electron chi connectivity index (χ2n) is 2.03. The Kier molecular flexibility index (Phi) is 2.46. The van der Waals surface area contributed by atoms with Crippen molar-refractivity contribution in [3.63, 3.8) is 0 Å². The van der Waals surface area contributed by atoms with Crippen molar-refractivity contribution >= 4 is 15.9 Å². The molecule has 0 aliphatic rings. The highest BCUT2D eigenvalue weighted by Gasteiger charge is 2.08. The molecule has 60 valence electrons. The number of benzene rings is 1. The molecule has 2 nitrogen and oxygen atoms in total. The second-order valence-corrected chi connectivity index (χ2v) is 2.82. The van der Waals surface area contributed by atoms with Crippen LogP contribution in [0.5, 0.6) is 5.75 Å². The Hall–Kier alpha value is -0.610. The second kappa shape index (κ2) is 3.19. The van der Waals surface area contributed by atoms with Crippen molar-refractivity contribution in [1.82, 2.24) is 0 Å². The number of phenols is 1. The molecule has 11 heavy (non-hydrogen) atoms. The lowest BCUT2D eigenvalue weighted by Gasteiger charge is -2.02. The van der Waals surface area contributed by atoms with Crippen LogP contribution in [0, 0.1) is 5.82 Å². The standard InChI is InChI=1S/C7H6BrFO2/c8-6-5(11)2-1-4(3-10)7(6)9/h1-2,10-11H,3H2. The van der Waals surface area contributed by atoms with E-state index in [0.717, 1.165) is 0 Å². The van der Waals surface area contributed by atoms with Gasteiger partial charge in [0.1, 0.15) is 11.6 Å². The van der Waals surface area contributed by atoms with Crippen LogP contribution in [-0.2, 0) is 6.61 Å². The van der Waals surface area contributed by atoms with E-state index in [0.29, 0.717) is 0 Å². The first-order chi connectivity index (χ1) is 5.16. The van der Waals surface area contributed by atoms with Crippen LogP contribution >= 0.6 is 15.9 Å². The summed E-state index contributed by atoms with van der Waals surface area (Å²) in [5, 5.41) is 17.5. The van der Waals surface area contributed by atoms with Crippen molar-refractivity contribution in [2.75, 3.05) is 0 Å². The van der Waals surface area contributed by atoms with E-state index in [9.17, 15) is 4.39 Å². The van der Waals surface area contributed by atoms with Crippen molar-refractivity contribution in [2.24, 2.45) is 0 Å². The van der Waals surface area contributed by atoms with Crippen molar-refractivity contribution in [3.05, 3.63) is 28.0 Å². The minimum Gasteiger partial charge on any atom is -0.507 e. The molecule has 0 spiro atoms. The number of aromatic hydroxyl groups is 1. The minimum absolute atomic E-state index is 0.0101. The third-order valence-corrected chi connectivity index (χ3v) is 2.07. The molecule has 1 aromatic rings. The molecule has 0 radical (unpaired) electrons. The Labute approximate surface area is 71.4 Å². The zero-order chi connectivity index (χ0) is 8.43. The van der Waals surface area contributed by atoms with Gasteiger partial charge in [0.25, 0.3) is 0 Å². The van der Waals surface area contributed by atoms with Gasteiger partial charge in [-0.15, -0.1) is 0 Å². The zero-order valence-corrected chi connectivity index (χ0v) is 7.10. The lowest BCUT2D eigenvalue weighted by Crippen LogP contribution is -1.90. The topological polar surface area (TPSA) is 40.5 Å². The molecule has 0 atom stereocenters. The van der Waals surface area contributed by atoms with Gasteiger partial charge in [-0.3, -0.25) is 0 Å². The third-order valence-electron chi connectivity index (χ3n) is 1.31.